The maximum Gasteiger partial charge on any atom is 0.252 e. The monoisotopic (exact) mass is 394 g/mol. The Bertz CT molecular complexity index is 901. The fraction of sp³-hybridized carbons (Fsp3) is 0.522. The van der Waals surface area contributed by atoms with Gasteiger partial charge in [0.05, 0.1) is 11.1 Å². The predicted octanol–water partition coefficient (Wildman–Crippen LogP) is 3.50. The number of pyridine rings is 1. The molecule has 6 nitrogen and oxygen atoms in total. The van der Waals surface area contributed by atoms with Gasteiger partial charge in [-0.25, -0.2) is 0 Å². The summed E-state index contributed by atoms with van der Waals surface area (Å²) in [5.74, 6) is 0.0232. The first-order chi connectivity index (χ1) is 14.1. The van der Waals surface area contributed by atoms with Gasteiger partial charge in [-0.05, 0) is 63.9 Å². The van der Waals surface area contributed by atoms with Gasteiger partial charge in [-0.15, -0.1) is 0 Å². The molecule has 0 unspecified atom stereocenters. The molecule has 1 aliphatic heterocycles. The van der Waals surface area contributed by atoms with E-state index in [2.05, 4.69) is 20.5 Å². The molecular formula is C23H30N4O2. The van der Waals surface area contributed by atoms with Crippen molar-refractivity contribution in [2.24, 2.45) is 5.92 Å². The van der Waals surface area contributed by atoms with E-state index in [1.54, 1.807) is 6.07 Å². The summed E-state index contributed by atoms with van der Waals surface area (Å²) >= 11 is 0. The number of anilines is 1. The van der Waals surface area contributed by atoms with Gasteiger partial charge in [-0.3, -0.25) is 14.6 Å². The van der Waals surface area contributed by atoms with Crippen molar-refractivity contribution in [3.63, 3.8) is 0 Å². The molecule has 2 aliphatic rings. The van der Waals surface area contributed by atoms with Crippen LogP contribution >= 0.6 is 0 Å². The largest absolute Gasteiger partial charge is 0.351 e. The number of rotatable bonds is 6. The van der Waals surface area contributed by atoms with Crippen LogP contribution in [-0.2, 0) is 4.79 Å². The van der Waals surface area contributed by atoms with Crippen LogP contribution in [0.1, 0.15) is 54.6 Å². The zero-order valence-electron chi connectivity index (χ0n) is 17.2. The third-order valence-electron chi connectivity index (χ3n) is 6.10. The molecule has 0 atom stereocenters. The van der Waals surface area contributed by atoms with E-state index in [-0.39, 0.29) is 17.7 Å². The summed E-state index contributed by atoms with van der Waals surface area (Å²) in [6.07, 6.45) is 6.79. The normalized spacial score (nSPS) is 17.7. The number of hydrogen-bond donors (Lipinski definition) is 2. The molecule has 2 aromatic rings. The lowest BCUT2D eigenvalue weighted by Crippen LogP contribution is -2.37. The number of benzene rings is 1. The molecule has 154 valence electrons. The third kappa shape index (κ3) is 4.75. The Morgan fingerprint density at radius 2 is 1.90 bits per heavy atom. The molecule has 2 amide bonds. The smallest absolute Gasteiger partial charge is 0.252 e. The maximum atomic E-state index is 13.0. The van der Waals surface area contributed by atoms with Crippen molar-refractivity contribution in [3.05, 3.63) is 35.5 Å². The summed E-state index contributed by atoms with van der Waals surface area (Å²) < 4.78 is 0. The van der Waals surface area contributed by atoms with Gasteiger partial charge < -0.3 is 15.5 Å². The molecule has 2 N–H and O–H groups in total. The van der Waals surface area contributed by atoms with Gasteiger partial charge >= 0.3 is 0 Å². The minimum absolute atomic E-state index is 0.0414. The molecule has 4 rings (SSSR count). The van der Waals surface area contributed by atoms with Crippen LogP contribution in [0.2, 0.25) is 0 Å². The number of carbonyl (C=O) groups excluding carboxylic acids is 2. The molecule has 1 saturated heterocycles. The molecule has 1 aromatic carbocycles. The Morgan fingerprint density at radius 1 is 1.10 bits per heavy atom. The summed E-state index contributed by atoms with van der Waals surface area (Å²) in [4.78, 5) is 32.3. The molecule has 0 radical (unpaired) electrons. The van der Waals surface area contributed by atoms with Crippen molar-refractivity contribution in [3.8, 4) is 0 Å². The number of hydrogen-bond acceptors (Lipinski definition) is 4. The Hall–Kier alpha value is -2.47. The maximum absolute atomic E-state index is 13.0. The quantitative estimate of drug-likeness (QED) is 0.786. The van der Waals surface area contributed by atoms with Crippen molar-refractivity contribution in [1.29, 1.82) is 0 Å². The van der Waals surface area contributed by atoms with Crippen LogP contribution in [0.5, 0.6) is 0 Å². The van der Waals surface area contributed by atoms with Gasteiger partial charge in [-0.2, -0.15) is 0 Å². The first kappa shape index (κ1) is 19.8. The molecule has 0 bridgehead atoms. The van der Waals surface area contributed by atoms with Crippen LogP contribution in [0.3, 0.4) is 0 Å². The Morgan fingerprint density at radius 3 is 2.62 bits per heavy atom. The van der Waals surface area contributed by atoms with Crippen LogP contribution in [0, 0.1) is 12.8 Å². The highest BCUT2D eigenvalue weighted by atomic mass is 16.2. The summed E-state index contributed by atoms with van der Waals surface area (Å²) in [7, 11) is 0. The lowest BCUT2D eigenvalue weighted by Gasteiger charge is -2.26. The lowest BCUT2D eigenvalue weighted by atomic mass is 9.85. The number of amides is 2. The first-order valence-corrected chi connectivity index (χ1v) is 10.8. The van der Waals surface area contributed by atoms with Gasteiger partial charge in [0.25, 0.3) is 5.91 Å². The number of carbonyl (C=O) groups is 2. The Balaban J connectivity index is 1.50. The predicted molar refractivity (Wildman–Crippen MR) is 115 cm³/mol. The molecule has 29 heavy (non-hydrogen) atoms. The highest BCUT2D eigenvalue weighted by Crippen LogP contribution is 2.29. The number of fused-ring (bicyclic) bond motifs is 1. The van der Waals surface area contributed by atoms with E-state index in [1.807, 2.05) is 25.1 Å². The van der Waals surface area contributed by atoms with Crippen LogP contribution in [-0.4, -0.2) is 47.9 Å². The Labute approximate surface area is 172 Å². The lowest BCUT2D eigenvalue weighted by molar-refractivity contribution is -0.122. The number of piperidine rings is 1. The van der Waals surface area contributed by atoms with E-state index >= 15 is 0 Å². The van der Waals surface area contributed by atoms with Crippen molar-refractivity contribution >= 4 is 28.4 Å². The van der Waals surface area contributed by atoms with E-state index in [9.17, 15) is 9.59 Å². The van der Waals surface area contributed by atoms with Crippen molar-refractivity contribution in [1.82, 2.24) is 15.2 Å². The number of aryl methyl sites for hydroxylation is 1. The topological polar surface area (TPSA) is 74.3 Å². The second-order valence-corrected chi connectivity index (χ2v) is 8.32. The van der Waals surface area contributed by atoms with E-state index < -0.39 is 0 Å². The van der Waals surface area contributed by atoms with Crippen LogP contribution in [0.15, 0.2) is 24.3 Å². The van der Waals surface area contributed by atoms with Crippen molar-refractivity contribution in [2.75, 3.05) is 31.5 Å². The highest BCUT2D eigenvalue weighted by Gasteiger charge is 2.25. The van der Waals surface area contributed by atoms with Gasteiger partial charge in [0, 0.05) is 35.8 Å². The zero-order chi connectivity index (χ0) is 20.2. The number of nitrogens with one attached hydrogen (secondary N) is 2. The van der Waals surface area contributed by atoms with Gasteiger partial charge in [0.15, 0.2) is 0 Å². The van der Waals surface area contributed by atoms with E-state index in [1.165, 1.54) is 19.3 Å². The fourth-order valence-electron chi connectivity index (χ4n) is 4.12. The number of aromatic nitrogens is 1. The molecular weight excluding hydrogens is 364 g/mol. The molecule has 2 heterocycles. The minimum Gasteiger partial charge on any atom is -0.351 e. The van der Waals surface area contributed by atoms with Crippen LogP contribution in [0.4, 0.5) is 5.69 Å². The van der Waals surface area contributed by atoms with Gasteiger partial charge in [0.2, 0.25) is 5.91 Å². The van der Waals surface area contributed by atoms with Gasteiger partial charge in [0.1, 0.15) is 0 Å². The number of nitrogens with zero attached hydrogens (tertiary/aromatic N) is 2. The molecule has 0 spiro atoms. The summed E-state index contributed by atoms with van der Waals surface area (Å²) in [6.45, 7) is 5.66. The number of likely N-dealkylation sites (tertiary alicyclic amines) is 1. The summed E-state index contributed by atoms with van der Waals surface area (Å²) in [5.41, 5.74) is 2.83. The van der Waals surface area contributed by atoms with E-state index in [0.29, 0.717) is 17.8 Å². The third-order valence-corrected chi connectivity index (χ3v) is 6.10. The van der Waals surface area contributed by atoms with E-state index in [4.69, 9.17) is 0 Å². The summed E-state index contributed by atoms with van der Waals surface area (Å²) in [6, 6.07) is 7.50. The van der Waals surface area contributed by atoms with E-state index in [0.717, 1.165) is 55.5 Å². The van der Waals surface area contributed by atoms with Crippen molar-refractivity contribution in [2.45, 2.75) is 45.4 Å². The molecule has 6 heteroatoms. The second kappa shape index (κ2) is 8.91. The Kier molecular flexibility index (Phi) is 6.09. The first-order valence-electron chi connectivity index (χ1n) is 10.8. The molecule has 1 aliphatic carbocycles. The second-order valence-electron chi connectivity index (χ2n) is 8.32. The molecule has 1 saturated carbocycles. The van der Waals surface area contributed by atoms with Crippen LogP contribution in [0.25, 0.3) is 10.9 Å². The van der Waals surface area contributed by atoms with Crippen molar-refractivity contribution < 1.29 is 9.59 Å². The molecule has 1 aromatic heterocycles. The summed E-state index contributed by atoms with van der Waals surface area (Å²) in [5, 5.41) is 6.86. The molecule has 2 fully saturated rings. The standard InChI is InChI=1S/C23H30N4O2/c1-16-8-9-19-20(23(29)24-10-13-27-11-3-2-4-12-27)14-18(15-21(19)25-16)26-22(28)17-6-5-7-17/h8-9,14-15,17H,2-7,10-13H2,1H3,(H,24,29)(H,26,28). The SMILES string of the molecule is Cc1ccc2c(C(=O)NCCN3CCCCC3)cc(NC(=O)C3CCC3)cc2n1. The highest BCUT2D eigenvalue weighted by molar-refractivity contribution is 6.08. The van der Waals surface area contributed by atoms with Crippen LogP contribution < -0.4 is 10.6 Å². The fourth-order valence-corrected chi connectivity index (χ4v) is 4.12. The minimum atomic E-state index is -0.114. The average Bonchev–Trinajstić information content (AvgIpc) is 2.66. The zero-order valence-corrected chi connectivity index (χ0v) is 17.2. The van der Waals surface area contributed by atoms with Gasteiger partial charge in [-0.1, -0.05) is 18.9 Å². The average molecular weight is 395 g/mol.